The molecule has 1 aromatic rings. The summed E-state index contributed by atoms with van der Waals surface area (Å²) in [7, 11) is 1.49. The summed E-state index contributed by atoms with van der Waals surface area (Å²) in [5, 5.41) is 9.72. The predicted octanol–water partition coefficient (Wildman–Crippen LogP) is 1.52. The molecule has 0 spiro atoms. The van der Waals surface area contributed by atoms with Crippen molar-refractivity contribution in [2.75, 3.05) is 13.7 Å². The lowest BCUT2D eigenvalue weighted by atomic mass is 10.0. The smallest absolute Gasteiger partial charge is 0.126 e. The van der Waals surface area contributed by atoms with Crippen molar-refractivity contribution in [2.45, 2.75) is 19.4 Å². The van der Waals surface area contributed by atoms with E-state index in [9.17, 15) is 9.50 Å². The highest BCUT2D eigenvalue weighted by molar-refractivity contribution is 5.39. The first-order chi connectivity index (χ1) is 7.10. The van der Waals surface area contributed by atoms with Gasteiger partial charge in [-0.05, 0) is 37.6 Å². The third-order valence-corrected chi connectivity index (χ3v) is 2.31. The van der Waals surface area contributed by atoms with E-state index in [1.165, 1.54) is 13.2 Å². The second-order valence-electron chi connectivity index (χ2n) is 3.44. The van der Waals surface area contributed by atoms with Crippen LogP contribution < -0.4 is 10.5 Å². The molecule has 0 aliphatic carbocycles. The molecule has 4 heteroatoms. The van der Waals surface area contributed by atoms with Crippen molar-refractivity contribution in [3.63, 3.8) is 0 Å². The minimum absolute atomic E-state index is 0.345. The molecule has 1 aromatic carbocycles. The van der Waals surface area contributed by atoms with Gasteiger partial charge in [0.2, 0.25) is 0 Å². The van der Waals surface area contributed by atoms with Crippen molar-refractivity contribution >= 4 is 0 Å². The average molecular weight is 213 g/mol. The molecule has 1 atom stereocenters. The van der Waals surface area contributed by atoms with Gasteiger partial charge in [0.05, 0.1) is 13.2 Å². The number of aliphatic hydroxyl groups excluding tert-OH is 1. The number of halogens is 1. The van der Waals surface area contributed by atoms with Crippen molar-refractivity contribution in [3.8, 4) is 5.75 Å². The molecule has 15 heavy (non-hydrogen) atoms. The number of benzene rings is 1. The van der Waals surface area contributed by atoms with Crippen LogP contribution in [0.3, 0.4) is 0 Å². The molecule has 0 fully saturated rings. The van der Waals surface area contributed by atoms with Crippen molar-refractivity contribution in [1.82, 2.24) is 0 Å². The van der Waals surface area contributed by atoms with Gasteiger partial charge in [-0.25, -0.2) is 4.39 Å². The molecule has 1 rings (SSSR count). The summed E-state index contributed by atoms with van der Waals surface area (Å²) in [6.45, 7) is 2.00. The largest absolute Gasteiger partial charge is 0.496 e. The molecule has 84 valence electrons. The summed E-state index contributed by atoms with van der Waals surface area (Å²) in [5.41, 5.74) is 6.28. The highest BCUT2D eigenvalue weighted by Crippen LogP contribution is 2.29. The Morgan fingerprint density at radius 1 is 1.53 bits per heavy atom. The molecule has 0 aliphatic rings. The molecular weight excluding hydrogens is 197 g/mol. The van der Waals surface area contributed by atoms with E-state index in [1.807, 2.05) is 0 Å². The van der Waals surface area contributed by atoms with E-state index in [4.69, 9.17) is 10.5 Å². The summed E-state index contributed by atoms with van der Waals surface area (Å²) in [6, 6.07) is 2.87. The van der Waals surface area contributed by atoms with Gasteiger partial charge < -0.3 is 15.6 Å². The Kier molecular flexibility index (Phi) is 4.05. The van der Waals surface area contributed by atoms with Gasteiger partial charge in [-0.15, -0.1) is 0 Å². The maximum atomic E-state index is 13.3. The third kappa shape index (κ3) is 2.67. The minimum atomic E-state index is -0.778. The van der Waals surface area contributed by atoms with Gasteiger partial charge in [-0.1, -0.05) is 0 Å². The number of hydrogen-bond donors (Lipinski definition) is 2. The monoisotopic (exact) mass is 213 g/mol. The summed E-state index contributed by atoms with van der Waals surface area (Å²) in [6.07, 6.45) is -0.390. The first-order valence-electron chi connectivity index (χ1n) is 4.82. The maximum absolute atomic E-state index is 13.3. The zero-order valence-electron chi connectivity index (χ0n) is 8.96. The standard InChI is InChI=1S/C11H16FNO2/c1-7-5-11(15-2)8(6-9(7)12)10(14)3-4-13/h5-6,10,14H,3-4,13H2,1-2H3/t10-/m0/s1. The number of rotatable bonds is 4. The third-order valence-electron chi connectivity index (χ3n) is 2.31. The molecule has 0 aromatic heterocycles. The van der Waals surface area contributed by atoms with Crippen LogP contribution >= 0.6 is 0 Å². The normalized spacial score (nSPS) is 12.6. The van der Waals surface area contributed by atoms with Crippen molar-refractivity contribution < 1.29 is 14.2 Å². The first-order valence-corrected chi connectivity index (χ1v) is 4.82. The number of nitrogens with two attached hydrogens (primary N) is 1. The summed E-state index contributed by atoms with van der Waals surface area (Å²) >= 11 is 0. The number of ether oxygens (including phenoxy) is 1. The predicted molar refractivity (Wildman–Crippen MR) is 56.3 cm³/mol. The lowest BCUT2D eigenvalue weighted by molar-refractivity contribution is 0.165. The van der Waals surface area contributed by atoms with Crippen molar-refractivity contribution in [2.24, 2.45) is 5.73 Å². The Labute approximate surface area is 88.7 Å². The fourth-order valence-corrected chi connectivity index (χ4v) is 1.42. The van der Waals surface area contributed by atoms with Crippen LogP contribution in [0.1, 0.15) is 23.7 Å². The lowest BCUT2D eigenvalue weighted by Gasteiger charge is -2.15. The molecule has 0 aliphatic heterocycles. The number of aliphatic hydroxyl groups is 1. The topological polar surface area (TPSA) is 55.5 Å². The van der Waals surface area contributed by atoms with Gasteiger partial charge in [0.25, 0.3) is 0 Å². The van der Waals surface area contributed by atoms with Gasteiger partial charge >= 0.3 is 0 Å². The Morgan fingerprint density at radius 3 is 2.73 bits per heavy atom. The van der Waals surface area contributed by atoms with Gasteiger partial charge in [0.1, 0.15) is 11.6 Å². The molecular formula is C11H16FNO2. The zero-order chi connectivity index (χ0) is 11.4. The SMILES string of the molecule is COc1cc(C)c(F)cc1[C@@H](O)CCN. The van der Waals surface area contributed by atoms with Gasteiger partial charge in [0.15, 0.2) is 0 Å². The second kappa shape index (κ2) is 5.09. The summed E-state index contributed by atoms with van der Waals surface area (Å²) in [5.74, 6) is 0.150. The van der Waals surface area contributed by atoms with Crippen LogP contribution in [-0.4, -0.2) is 18.8 Å². The van der Waals surface area contributed by atoms with Crippen LogP contribution in [0.15, 0.2) is 12.1 Å². The van der Waals surface area contributed by atoms with Gasteiger partial charge in [-0.2, -0.15) is 0 Å². The van der Waals surface area contributed by atoms with E-state index >= 15 is 0 Å². The molecule has 3 nitrogen and oxygen atoms in total. The lowest BCUT2D eigenvalue weighted by Crippen LogP contribution is -2.08. The molecule has 0 heterocycles. The zero-order valence-corrected chi connectivity index (χ0v) is 8.96. The Balaban J connectivity index is 3.09. The molecule has 0 unspecified atom stereocenters. The van der Waals surface area contributed by atoms with E-state index < -0.39 is 6.10 Å². The van der Waals surface area contributed by atoms with Gasteiger partial charge in [-0.3, -0.25) is 0 Å². The fourth-order valence-electron chi connectivity index (χ4n) is 1.42. The van der Waals surface area contributed by atoms with Crippen LogP contribution in [-0.2, 0) is 0 Å². The Hall–Kier alpha value is -1.13. The van der Waals surface area contributed by atoms with Crippen molar-refractivity contribution in [3.05, 3.63) is 29.1 Å². The molecule has 0 amide bonds. The highest BCUT2D eigenvalue weighted by atomic mass is 19.1. The van der Waals surface area contributed by atoms with E-state index in [-0.39, 0.29) is 5.82 Å². The average Bonchev–Trinajstić information content (AvgIpc) is 2.21. The van der Waals surface area contributed by atoms with Crippen LogP contribution in [0.5, 0.6) is 5.75 Å². The summed E-state index contributed by atoms with van der Waals surface area (Å²) in [4.78, 5) is 0. The van der Waals surface area contributed by atoms with E-state index in [2.05, 4.69) is 0 Å². The van der Waals surface area contributed by atoms with Crippen LogP contribution in [0, 0.1) is 12.7 Å². The van der Waals surface area contributed by atoms with Crippen LogP contribution in [0.4, 0.5) is 4.39 Å². The molecule has 0 radical (unpaired) electrons. The van der Waals surface area contributed by atoms with E-state index in [0.717, 1.165) is 0 Å². The van der Waals surface area contributed by atoms with E-state index in [0.29, 0.717) is 29.8 Å². The molecule has 0 saturated carbocycles. The Bertz CT molecular complexity index is 342. The second-order valence-corrected chi connectivity index (χ2v) is 3.44. The number of aryl methyl sites for hydroxylation is 1. The summed E-state index contributed by atoms with van der Waals surface area (Å²) < 4.78 is 18.4. The van der Waals surface area contributed by atoms with Gasteiger partial charge in [0, 0.05) is 5.56 Å². The Morgan fingerprint density at radius 2 is 2.20 bits per heavy atom. The first kappa shape index (κ1) is 11.9. The molecule has 0 bridgehead atoms. The molecule has 0 saturated heterocycles. The maximum Gasteiger partial charge on any atom is 0.126 e. The fraction of sp³-hybridized carbons (Fsp3) is 0.455. The van der Waals surface area contributed by atoms with E-state index in [1.54, 1.807) is 13.0 Å². The van der Waals surface area contributed by atoms with Crippen LogP contribution in [0.2, 0.25) is 0 Å². The molecule has 3 N–H and O–H groups in total. The van der Waals surface area contributed by atoms with Crippen LogP contribution in [0.25, 0.3) is 0 Å². The number of methoxy groups -OCH3 is 1. The minimum Gasteiger partial charge on any atom is -0.496 e. The number of hydrogen-bond acceptors (Lipinski definition) is 3. The highest BCUT2D eigenvalue weighted by Gasteiger charge is 2.15. The van der Waals surface area contributed by atoms with Crippen molar-refractivity contribution in [1.29, 1.82) is 0 Å². The quantitative estimate of drug-likeness (QED) is 0.797.